The summed E-state index contributed by atoms with van der Waals surface area (Å²) in [7, 11) is 3.18. The number of aromatic nitrogens is 3. The molecule has 0 bridgehead atoms. The highest BCUT2D eigenvalue weighted by molar-refractivity contribution is 7.19. The third-order valence-corrected chi connectivity index (χ3v) is 6.97. The van der Waals surface area contributed by atoms with Gasteiger partial charge < -0.3 is 19.7 Å². The number of hydrogen-bond acceptors (Lipinski definition) is 8. The van der Waals surface area contributed by atoms with Gasteiger partial charge in [-0.25, -0.2) is 9.78 Å². The number of nitrogens with one attached hydrogen (secondary N) is 1. The van der Waals surface area contributed by atoms with Gasteiger partial charge in [-0.1, -0.05) is 35.6 Å². The molecule has 1 fully saturated rings. The van der Waals surface area contributed by atoms with E-state index in [2.05, 4.69) is 15.3 Å². The fourth-order valence-electron chi connectivity index (χ4n) is 4.15. The number of methoxy groups -OCH3 is 2. The molecule has 0 saturated carbocycles. The Morgan fingerprint density at radius 3 is 2.44 bits per heavy atom. The molecule has 11 heteroatoms. The molecule has 36 heavy (non-hydrogen) atoms. The molecule has 0 spiro atoms. The number of fused-ring (bicyclic) bond motifs is 1. The summed E-state index contributed by atoms with van der Waals surface area (Å²) in [5.74, 6) is 1.31. The minimum atomic E-state index is -0.220. The van der Waals surface area contributed by atoms with Gasteiger partial charge >= 0.3 is 6.03 Å². The Morgan fingerprint density at radius 2 is 1.69 bits per heavy atom. The first-order valence-electron chi connectivity index (χ1n) is 11.5. The fourth-order valence-corrected chi connectivity index (χ4v) is 5.10. The first-order valence-corrected chi connectivity index (χ1v) is 12.3. The summed E-state index contributed by atoms with van der Waals surface area (Å²) < 4.78 is 12.1. The molecule has 0 unspecified atom stereocenters. The highest BCUT2D eigenvalue weighted by atomic mass is 32.1. The summed E-state index contributed by atoms with van der Waals surface area (Å²) in [5, 5.41) is 8.05. The maximum Gasteiger partial charge on any atom is 0.322 e. The number of ether oxygens (including phenoxy) is 2. The predicted octanol–water partition coefficient (Wildman–Crippen LogP) is 3.18. The third-order valence-electron chi connectivity index (χ3n) is 6.03. The lowest BCUT2D eigenvalue weighted by molar-refractivity contribution is 0.142. The molecule has 2 amide bonds. The van der Waals surface area contributed by atoms with Crippen molar-refractivity contribution in [1.29, 1.82) is 0 Å². The average Bonchev–Trinajstić information content (AvgIpc) is 3.34. The van der Waals surface area contributed by atoms with Crippen molar-refractivity contribution in [3.8, 4) is 22.1 Å². The zero-order valence-electron chi connectivity index (χ0n) is 20.0. The van der Waals surface area contributed by atoms with Gasteiger partial charge in [0.05, 0.1) is 31.2 Å². The van der Waals surface area contributed by atoms with E-state index in [0.29, 0.717) is 65.6 Å². The van der Waals surface area contributed by atoms with Crippen molar-refractivity contribution < 1.29 is 14.3 Å². The van der Waals surface area contributed by atoms with Crippen molar-refractivity contribution in [2.45, 2.75) is 6.54 Å². The Kier molecular flexibility index (Phi) is 6.83. The molecule has 2 aromatic heterocycles. The lowest BCUT2D eigenvalue weighted by Crippen LogP contribution is -2.49. The zero-order valence-corrected chi connectivity index (χ0v) is 20.8. The van der Waals surface area contributed by atoms with Crippen molar-refractivity contribution in [3.63, 3.8) is 0 Å². The van der Waals surface area contributed by atoms with Crippen molar-refractivity contribution in [2.75, 3.05) is 45.7 Å². The van der Waals surface area contributed by atoms with Crippen LogP contribution in [0.15, 0.2) is 59.4 Å². The highest BCUT2D eigenvalue weighted by Crippen LogP contribution is 2.32. The maximum atomic E-state index is 12.8. The number of benzene rings is 2. The van der Waals surface area contributed by atoms with Gasteiger partial charge in [-0.15, -0.1) is 0 Å². The number of rotatable bonds is 6. The molecule has 1 aliphatic rings. The van der Waals surface area contributed by atoms with E-state index in [-0.39, 0.29) is 11.6 Å². The second kappa shape index (κ2) is 10.3. The first-order chi connectivity index (χ1) is 17.6. The molecule has 4 aromatic rings. The number of piperazine rings is 1. The lowest BCUT2D eigenvalue weighted by atomic mass is 10.2. The molecule has 10 nitrogen and oxygen atoms in total. The number of amides is 2. The predicted molar refractivity (Wildman–Crippen MR) is 138 cm³/mol. The van der Waals surface area contributed by atoms with Crippen LogP contribution in [0.3, 0.4) is 0 Å². The maximum absolute atomic E-state index is 12.8. The van der Waals surface area contributed by atoms with Gasteiger partial charge in [0, 0.05) is 38.8 Å². The molecule has 186 valence electrons. The van der Waals surface area contributed by atoms with Crippen LogP contribution in [-0.4, -0.2) is 70.8 Å². The second-order valence-electron chi connectivity index (χ2n) is 8.28. The number of anilines is 1. The second-order valence-corrected chi connectivity index (χ2v) is 9.24. The number of carbonyl (C=O) groups is 1. The van der Waals surface area contributed by atoms with Crippen LogP contribution in [-0.2, 0) is 6.54 Å². The molecular formula is C25H26N6O4S. The molecule has 2 aromatic carbocycles. The van der Waals surface area contributed by atoms with Gasteiger partial charge in [-0.05, 0) is 24.3 Å². The largest absolute Gasteiger partial charge is 0.496 e. The summed E-state index contributed by atoms with van der Waals surface area (Å²) in [4.78, 5) is 34.7. The molecular weight excluding hydrogens is 480 g/mol. The van der Waals surface area contributed by atoms with E-state index < -0.39 is 0 Å². The number of para-hydroxylation sites is 3. The minimum Gasteiger partial charge on any atom is -0.496 e. The fraction of sp³-hybridized carbons (Fsp3) is 0.280. The normalized spacial score (nSPS) is 14.1. The number of urea groups is 1. The van der Waals surface area contributed by atoms with E-state index >= 15 is 0 Å². The lowest BCUT2D eigenvalue weighted by Gasteiger charge is -2.34. The van der Waals surface area contributed by atoms with Crippen LogP contribution in [0.5, 0.6) is 11.5 Å². The summed E-state index contributed by atoms with van der Waals surface area (Å²) in [5.41, 5.74) is 1.92. The van der Waals surface area contributed by atoms with Crippen molar-refractivity contribution >= 4 is 28.0 Å². The molecule has 0 aliphatic carbocycles. The van der Waals surface area contributed by atoms with Crippen LogP contribution in [0, 0.1) is 0 Å². The van der Waals surface area contributed by atoms with Gasteiger partial charge in [-0.2, -0.15) is 9.61 Å². The Balaban J connectivity index is 1.24. The Bertz CT molecular complexity index is 1440. The Hall–Kier alpha value is -3.96. The van der Waals surface area contributed by atoms with E-state index in [0.717, 1.165) is 5.56 Å². The van der Waals surface area contributed by atoms with Crippen LogP contribution >= 0.6 is 11.3 Å². The molecule has 0 atom stereocenters. The van der Waals surface area contributed by atoms with Gasteiger partial charge in [-0.3, -0.25) is 9.69 Å². The molecule has 0 radical (unpaired) electrons. The minimum absolute atomic E-state index is 0.162. The van der Waals surface area contributed by atoms with Crippen LogP contribution in [0.4, 0.5) is 10.5 Å². The van der Waals surface area contributed by atoms with Gasteiger partial charge in [0.1, 0.15) is 11.5 Å². The number of nitrogens with zero attached hydrogens (tertiary/aromatic N) is 5. The Morgan fingerprint density at radius 1 is 1.00 bits per heavy atom. The summed E-state index contributed by atoms with van der Waals surface area (Å²) in [6.07, 6.45) is 0. The molecule has 1 saturated heterocycles. The van der Waals surface area contributed by atoms with Crippen LogP contribution in [0.2, 0.25) is 0 Å². The van der Waals surface area contributed by atoms with E-state index in [1.807, 2.05) is 48.5 Å². The topological polar surface area (TPSA) is 101 Å². The molecule has 3 heterocycles. The number of carbonyl (C=O) groups excluding carboxylic acids is 1. The summed E-state index contributed by atoms with van der Waals surface area (Å²) in [6, 6.07) is 16.3. The SMILES string of the molecule is COc1ccccc1NC(=O)N1CCN(Cc2cc(=O)n3nc(-c4ccccc4OC)sc3n2)CC1. The van der Waals surface area contributed by atoms with E-state index in [1.165, 1.54) is 21.9 Å². The van der Waals surface area contributed by atoms with Crippen LogP contribution in [0.1, 0.15) is 5.69 Å². The van der Waals surface area contributed by atoms with Gasteiger partial charge in [0.15, 0.2) is 5.01 Å². The monoisotopic (exact) mass is 506 g/mol. The average molecular weight is 507 g/mol. The highest BCUT2D eigenvalue weighted by Gasteiger charge is 2.23. The third kappa shape index (κ3) is 4.88. The van der Waals surface area contributed by atoms with Gasteiger partial charge in [0.2, 0.25) is 4.96 Å². The molecule has 1 aliphatic heterocycles. The first kappa shape index (κ1) is 23.8. The zero-order chi connectivity index (χ0) is 25.1. The van der Waals surface area contributed by atoms with E-state index in [4.69, 9.17) is 14.5 Å². The smallest absolute Gasteiger partial charge is 0.322 e. The van der Waals surface area contributed by atoms with Crippen LogP contribution in [0.25, 0.3) is 15.5 Å². The van der Waals surface area contributed by atoms with Crippen LogP contribution < -0.4 is 20.3 Å². The van der Waals surface area contributed by atoms with E-state index in [9.17, 15) is 9.59 Å². The number of hydrogen-bond donors (Lipinski definition) is 1. The standard InChI is InChI=1S/C25H26N6O4S/c1-34-20-9-5-3-7-18(20)23-28-31-22(32)15-17(26-25(31)36-23)16-29-11-13-30(14-12-29)24(33)27-19-8-4-6-10-21(19)35-2/h3-10,15H,11-14,16H2,1-2H3,(H,27,33). The Labute approximate surface area is 211 Å². The quantitative estimate of drug-likeness (QED) is 0.429. The van der Waals surface area contributed by atoms with Gasteiger partial charge in [0.25, 0.3) is 5.56 Å². The van der Waals surface area contributed by atoms with Crippen molar-refractivity contribution in [3.05, 3.63) is 70.6 Å². The summed E-state index contributed by atoms with van der Waals surface area (Å²) >= 11 is 1.35. The van der Waals surface area contributed by atoms with Crippen molar-refractivity contribution in [1.82, 2.24) is 24.4 Å². The summed E-state index contributed by atoms with van der Waals surface area (Å²) in [6.45, 7) is 3.02. The molecule has 5 rings (SSSR count). The molecule has 1 N–H and O–H groups in total. The van der Waals surface area contributed by atoms with Crippen molar-refractivity contribution in [2.24, 2.45) is 0 Å². The van der Waals surface area contributed by atoms with E-state index in [1.54, 1.807) is 19.1 Å².